The van der Waals surface area contributed by atoms with Crippen molar-refractivity contribution in [1.82, 2.24) is 15.2 Å². The molecular weight excluding hydrogens is 334 g/mol. The van der Waals surface area contributed by atoms with Crippen molar-refractivity contribution >= 4 is 28.7 Å². The zero-order chi connectivity index (χ0) is 18.3. The van der Waals surface area contributed by atoms with E-state index in [1.54, 1.807) is 6.92 Å². The molecule has 4 rings (SSSR count). The van der Waals surface area contributed by atoms with Gasteiger partial charge >= 0.3 is 5.97 Å². The molecule has 0 saturated carbocycles. The van der Waals surface area contributed by atoms with Gasteiger partial charge in [-0.15, -0.1) is 0 Å². The lowest BCUT2D eigenvalue weighted by molar-refractivity contribution is -0.159. The molecule has 1 aromatic heterocycles. The van der Waals surface area contributed by atoms with E-state index in [1.807, 2.05) is 30.5 Å². The zero-order valence-electron chi connectivity index (χ0n) is 14.5. The van der Waals surface area contributed by atoms with E-state index >= 15 is 0 Å². The third-order valence-corrected chi connectivity index (χ3v) is 5.21. The van der Waals surface area contributed by atoms with Gasteiger partial charge in [0.05, 0.1) is 6.61 Å². The van der Waals surface area contributed by atoms with E-state index in [1.165, 1.54) is 4.90 Å². The first-order valence-electron chi connectivity index (χ1n) is 8.94. The molecule has 0 spiro atoms. The SMILES string of the molecule is CCOC(=O)[C@H]1CC[C@H]2C(=O)N[C@H](Cc3c[nH]c4ccccc34)C(=O)N12. The Hall–Kier alpha value is -2.83. The number of carbonyl (C=O) groups excluding carboxylic acids is 3. The highest BCUT2D eigenvalue weighted by molar-refractivity contribution is 6.00. The molecule has 0 aliphatic carbocycles. The summed E-state index contributed by atoms with van der Waals surface area (Å²) < 4.78 is 5.09. The van der Waals surface area contributed by atoms with Gasteiger partial charge in [-0.1, -0.05) is 18.2 Å². The Kier molecular flexibility index (Phi) is 4.14. The highest BCUT2D eigenvalue weighted by Gasteiger charge is 2.50. The van der Waals surface area contributed by atoms with Crippen LogP contribution in [0.5, 0.6) is 0 Å². The van der Waals surface area contributed by atoms with E-state index in [4.69, 9.17) is 4.74 Å². The van der Waals surface area contributed by atoms with Gasteiger partial charge in [-0.25, -0.2) is 4.79 Å². The number of nitrogens with one attached hydrogen (secondary N) is 2. The molecule has 2 aliphatic rings. The second kappa shape index (κ2) is 6.48. The van der Waals surface area contributed by atoms with Crippen LogP contribution < -0.4 is 5.32 Å². The summed E-state index contributed by atoms with van der Waals surface area (Å²) in [5.41, 5.74) is 1.95. The molecule has 0 bridgehead atoms. The van der Waals surface area contributed by atoms with Crippen molar-refractivity contribution in [2.45, 2.75) is 44.3 Å². The molecule has 7 nitrogen and oxygen atoms in total. The highest BCUT2D eigenvalue weighted by atomic mass is 16.5. The molecule has 2 aliphatic heterocycles. The maximum atomic E-state index is 13.0. The van der Waals surface area contributed by atoms with Crippen LogP contribution >= 0.6 is 0 Å². The monoisotopic (exact) mass is 355 g/mol. The van der Waals surface area contributed by atoms with Gasteiger partial charge in [0.15, 0.2) is 0 Å². The Bertz CT molecular complexity index is 875. The number of aromatic nitrogens is 1. The van der Waals surface area contributed by atoms with Crippen LogP contribution in [-0.2, 0) is 25.5 Å². The van der Waals surface area contributed by atoms with Crippen molar-refractivity contribution in [3.05, 3.63) is 36.0 Å². The number of amides is 2. The average molecular weight is 355 g/mol. The minimum atomic E-state index is -0.673. The van der Waals surface area contributed by atoms with Crippen LogP contribution in [0.1, 0.15) is 25.3 Å². The van der Waals surface area contributed by atoms with Crippen LogP contribution in [0.3, 0.4) is 0 Å². The van der Waals surface area contributed by atoms with E-state index in [0.29, 0.717) is 19.3 Å². The largest absolute Gasteiger partial charge is 0.464 e. The number of H-pyrrole nitrogens is 1. The molecule has 0 radical (unpaired) electrons. The molecule has 136 valence electrons. The van der Waals surface area contributed by atoms with Crippen LogP contribution in [0.15, 0.2) is 30.5 Å². The number of ether oxygens (including phenoxy) is 1. The van der Waals surface area contributed by atoms with Crippen molar-refractivity contribution in [2.24, 2.45) is 0 Å². The standard InChI is InChI=1S/C19H21N3O4/c1-2-26-19(25)16-8-7-15-17(23)21-14(18(24)22(15)16)9-11-10-20-13-6-4-3-5-12(11)13/h3-6,10,14-16,20H,2,7-9H2,1H3,(H,21,23)/t14-,15+,16-/m1/s1. The lowest BCUT2D eigenvalue weighted by Gasteiger charge is -2.37. The number of aromatic amines is 1. The van der Waals surface area contributed by atoms with Gasteiger partial charge in [0, 0.05) is 23.5 Å². The van der Waals surface area contributed by atoms with E-state index in [0.717, 1.165) is 16.5 Å². The van der Waals surface area contributed by atoms with Gasteiger partial charge in [-0.3, -0.25) is 9.59 Å². The summed E-state index contributed by atoms with van der Waals surface area (Å²) in [6, 6.07) is 5.92. The van der Waals surface area contributed by atoms with Crippen LogP contribution in [-0.4, -0.2) is 52.4 Å². The Morgan fingerprint density at radius 3 is 2.88 bits per heavy atom. The summed E-state index contributed by atoms with van der Waals surface area (Å²) in [4.78, 5) is 42.3. The summed E-state index contributed by atoms with van der Waals surface area (Å²) >= 11 is 0. The molecule has 2 saturated heterocycles. The molecule has 2 amide bonds. The molecule has 1 aromatic carbocycles. The number of hydrogen-bond acceptors (Lipinski definition) is 4. The molecule has 2 aromatic rings. The van der Waals surface area contributed by atoms with Gasteiger partial charge in [-0.2, -0.15) is 0 Å². The summed E-state index contributed by atoms with van der Waals surface area (Å²) in [5, 5.41) is 3.86. The maximum absolute atomic E-state index is 13.0. The highest BCUT2D eigenvalue weighted by Crippen LogP contribution is 2.30. The number of fused-ring (bicyclic) bond motifs is 2. The second-order valence-corrected chi connectivity index (χ2v) is 6.73. The van der Waals surface area contributed by atoms with Gasteiger partial charge in [0.2, 0.25) is 11.8 Å². The van der Waals surface area contributed by atoms with Crippen molar-refractivity contribution in [2.75, 3.05) is 6.61 Å². The molecule has 7 heteroatoms. The van der Waals surface area contributed by atoms with Gasteiger partial charge in [0.1, 0.15) is 18.1 Å². The number of para-hydroxylation sites is 1. The maximum Gasteiger partial charge on any atom is 0.328 e. The number of piperazine rings is 1. The zero-order valence-corrected chi connectivity index (χ0v) is 14.5. The van der Waals surface area contributed by atoms with Crippen molar-refractivity contribution < 1.29 is 19.1 Å². The van der Waals surface area contributed by atoms with Crippen molar-refractivity contribution in [1.29, 1.82) is 0 Å². The fraction of sp³-hybridized carbons (Fsp3) is 0.421. The lowest BCUT2D eigenvalue weighted by atomic mass is 10.0. The van der Waals surface area contributed by atoms with Crippen LogP contribution in [0, 0.1) is 0 Å². The molecule has 0 unspecified atom stereocenters. The number of esters is 1. The topological polar surface area (TPSA) is 91.5 Å². The first-order chi connectivity index (χ1) is 12.6. The predicted octanol–water partition coefficient (Wildman–Crippen LogP) is 1.13. The van der Waals surface area contributed by atoms with Crippen molar-refractivity contribution in [3.63, 3.8) is 0 Å². The summed E-state index contributed by atoms with van der Waals surface area (Å²) in [6.45, 7) is 1.99. The fourth-order valence-electron chi connectivity index (χ4n) is 4.01. The number of rotatable bonds is 4. The third kappa shape index (κ3) is 2.64. The molecule has 2 fully saturated rings. The van der Waals surface area contributed by atoms with Crippen LogP contribution in [0.2, 0.25) is 0 Å². The number of hydrogen-bond donors (Lipinski definition) is 2. The Labute approximate surface area is 150 Å². The predicted molar refractivity (Wildman–Crippen MR) is 94.2 cm³/mol. The lowest BCUT2D eigenvalue weighted by Crippen LogP contribution is -2.64. The summed E-state index contributed by atoms with van der Waals surface area (Å²) in [5.74, 6) is -0.833. The summed E-state index contributed by atoms with van der Waals surface area (Å²) in [6.07, 6.45) is 3.19. The molecule has 2 N–H and O–H groups in total. The first-order valence-corrected chi connectivity index (χ1v) is 8.94. The number of nitrogens with zero attached hydrogens (tertiary/aromatic N) is 1. The number of benzene rings is 1. The van der Waals surface area contributed by atoms with Crippen LogP contribution in [0.4, 0.5) is 0 Å². The second-order valence-electron chi connectivity index (χ2n) is 6.73. The Balaban J connectivity index is 1.59. The Morgan fingerprint density at radius 2 is 2.08 bits per heavy atom. The minimum absolute atomic E-state index is 0.193. The van der Waals surface area contributed by atoms with Crippen LogP contribution in [0.25, 0.3) is 10.9 Å². The third-order valence-electron chi connectivity index (χ3n) is 5.21. The van der Waals surface area contributed by atoms with Gasteiger partial charge < -0.3 is 19.9 Å². The molecule has 3 heterocycles. The number of carbonyl (C=O) groups is 3. The Morgan fingerprint density at radius 1 is 1.27 bits per heavy atom. The van der Waals surface area contributed by atoms with E-state index in [2.05, 4.69) is 10.3 Å². The van der Waals surface area contributed by atoms with E-state index in [-0.39, 0.29) is 18.4 Å². The smallest absolute Gasteiger partial charge is 0.328 e. The summed E-state index contributed by atoms with van der Waals surface area (Å²) in [7, 11) is 0. The average Bonchev–Trinajstić information content (AvgIpc) is 3.25. The van der Waals surface area contributed by atoms with E-state index in [9.17, 15) is 14.4 Å². The molecule has 3 atom stereocenters. The van der Waals surface area contributed by atoms with Crippen molar-refractivity contribution in [3.8, 4) is 0 Å². The molecule has 26 heavy (non-hydrogen) atoms. The van der Waals surface area contributed by atoms with Gasteiger partial charge in [-0.05, 0) is 31.4 Å². The molecular formula is C19H21N3O4. The normalized spacial score (nSPS) is 25.3. The van der Waals surface area contributed by atoms with Gasteiger partial charge in [0.25, 0.3) is 0 Å². The fourth-order valence-corrected chi connectivity index (χ4v) is 4.01. The van der Waals surface area contributed by atoms with E-state index < -0.39 is 24.1 Å². The first kappa shape index (κ1) is 16.6. The quantitative estimate of drug-likeness (QED) is 0.805. The minimum Gasteiger partial charge on any atom is -0.464 e.